The summed E-state index contributed by atoms with van der Waals surface area (Å²) in [6.45, 7) is 8.32. The van der Waals surface area contributed by atoms with Crippen LogP contribution in [0, 0.1) is 5.92 Å². The topological polar surface area (TPSA) is 76.7 Å². The highest BCUT2D eigenvalue weighted by Crippen LogP contribution is 2.33. The number of amides is 2. The lowest BCUT2D eigenvalue weighted by atomic mass is 9.92. The molecule has 2 amide bonds. The van der Waals surface area contributed by atoms with E-state index in [0.29, 0.717) is 29.5 Å². The second kappa shape index (κ2) is 9.48. The molecule has 0 saturated carbocycles. The Bertz CT molecular complexity index is 935. The lowest BCUT2D eigenvalue weighted by Crippen LogP contribution is -2.45. The zero-order valence-corrected chi connectivity index (χ0v) is 17.8. The monoisotopic (exact) mass is 408 g/mol. The van der Waals surface area contributed by atoms with Gasteiger partial charge in [-0.1, -0.05) is 56.3 Å². The van der Waals surface area contributed by atoms with Crippen LogP contribution >= 0.6 is 0 Å². The fourth-order valence-corrected chi connectivity index (χ4v) is 3.19. The highest BCUT2D eigenvalue weighted by molar-refractivity contribution is 6.04. The van der Waals surface area contributed by atoms with Gasteiger partial charge in [0.25, 0.3) is 0 Å². The van der Waals surface area contributed by atoms with Crippen molar-refractivity contribution in [2.75, 3.05) is 6.61 Å². The van der Waals surface area contributed by atoms with Crippen LogP contribution in [0.4, 0.5) is 4.79 Å². The summed E-state index contributed by atoms with van der Waals surface area (Å²) in [4.78, 5) is 25.6. The average Bonchev–Trinajstić information content (AvgIpc) is 2.72. The molecule has 0 radical (unpaired) electrons. The molecule has 158 valence electrons. The van der Waals surface area contributed by atoms with Crippen LogP contribution in [0.5, 0.6) is 5.75 Å². The Morgan fingerprint density at radius 2 is 1.77 bits per heavy atom. The molecule has 0 fully saturated rings. The van der Waals surface area contributed by atoms with Crippen LogP contribution in [-0.4, -0.2) is 24.7 Å². The summed E-state index contributed by atoms with van der Waals surface area (Å²) in [7, 11) is 0. The maximum atomic E-state index is 13.1. The zero-order valence-electron chi connectivity index (χ0n) is 17.8. The van der Waals surface area contributed by atoms with Crippen LogP contribution in [0.1, 0.15) is 44.9 Å². The van der Waals surface area contributed by atoms with Gasteiger partial charge in [-0.2, -0.15) is 0 Å². The summed E-state index contributed by atoms with van der Waals surface area (Å²) >= 11 is 0. The Kier molecular flexibility index (Phi) is 6.77. The van der Waals surface area contributed by atoms with E-state index in [0.717, 1.165) is 11.1 Å². The highest BCUT2D eigenvalue weighted by Gasteiger charge is 2.35. The van der Waals surface area contributed by atoms with Gasteiger partial charge in [0.2, 0.25) is 0 Å². The van der Waals surface area contributed by atoms with E-state index in [9.17, 15) is 9.59 Å². The number of hydrogen-bond donors (Lipinski definition) is 2. The van der Waals surface area contributed by atoms with E-state index in [4.69, 9.17) is 9.47 Å². The van der Waals surface area contributed by atoms with Crippen LogP contribution in [0.25, 0.3) is 5.70 Å². The number of urea groups is 1. The second-order valence-corrected chi connectivity index (χ2v) is 7.92. The smallest absolute Gasteiger partial charge is 0.338 e. The third-order valence-electron chi connectivity index (χ3n) is 4.47. The maximum absolute atomic E-state index is 13.1. The molecule has 1 aliphatic heterocycles. The van der Waals surface area contributed by atoms with Crippen molar-refractivity contribution >= 4 is 17.7 Å². The molecule has 2 aromatic rings. The van der Waals surface area contributed by atoms with E-state index >= 15 is 0 Å². The molecule has 1 heterocycles. The predicted molar refractivity (Wildman–Crippen MR) is 116 cm³/mol. The van der Waals surface area contributed by atoms with Gasteiger partial charge in [-0.3, -0.25) is 0 Å². The lowest BCUT2D eigenvalue weighted by Gasteiger charge is -2.30. The molecule has 0 aromatic heterocycles. The quantitative estimate of drug-likeness (QED) is 0.664. The largest absolute Gasteiger partial charge is 0.493 e. The molecule has 6 heteroatoms. The van der Waals surface area contributed by atoms with E-state index in [1.54, 1.807) is 13.8 Å². The number of esters is 1. The molecule has 3 rings (SSSR count). The van der Waals surface area contributed by atoms with Gasteiger partial charge in [0, 0.05) is 0 Å². The fourth-order valence-electron chi connectivity index (χ4n) is 3.19. The van der Waals surface area contributed by atoms with Crippen molar-refractivity contribution in [3.63, 3.8) is 0 Å². The molecular weight excluding hydrogens is 380 g/mol. The molecule has 1 atom stereocenters. The van der Waals surface area contributed by atoms with E-state index in [1.807, 2.05) is 54.6 Å². The van der Waals surface area contributed by atoms with Crippen molar-refractivity contribution in [3.05, 3.63) is 71.3 Å². The Balaban J connectivity index is 2.08. The van der Waals surface area contributed by atoms with Gasteiger partial charge in [-0.15, -0.1) is 0 Å². The Labute approximate surface area is 177 Å². The minimum absolute atomic E-state index is 0.291. The van der Waals surface area contributed by atoms with Crippen molar-refractivity contribution in [1.29, 1.82) is 0 Å². The first-order chi connectivity index (χ1) is 14.3. The molecule has 6 nitrogen and oxygen atoms in total. The highest BCUT2D eigenvalue weighted by atomic mass is 16.5. The van der Waals surface area contributed by atoms with Gasteiger partial charge >= 0.3 is 12.0 Å². The predicted octanol–water partition coefficient (Wildman–Crippen LogP) is 4.44. The Hall–Kier alpha value is -3.28. The lowest BCUT2D eigenvalue weighted by molar-refractivity contribution is -0.143. The van der Waals surface area contributed by atoms with Crippen LogP contribution in [0.3, 0.4) is 0 Å². The van der Waals surface area contributed by atoms with Gasteiger partial charge in [-0.05, 0) is 43.0 Å². The van der Waals surface area contributed by atoms with Gasteiger partial charge < -0.3 is 20.1 Å². The number of nitrogens with one attached hydrogen (secondary N) is 2. The van der Waals surface area contributed by atoms with Crippen molar-refractivity contribution in [3.8, 4) is 5.75 Å². The molecule has 2 aromatic carbocycles. The van der Waals surface area contributed by atoms with Crippen LogP contribution in [-0.2, 0) is 9.53 Å². The van der Waals surface area contributed by atoms with Gasteiger partial charge in [-0.25, -0.2) is 9.59 Å². The molecular formula is C24H28N2O4. The first-order valence-corrected chi connectivity index (χ1v) is 10.2. The number of ether oxygens (including phenoxy) is 2. The number of carbonyl (C=O) groups is 2. The SMILES string of the molecule is CC(C)COc1cccc(C2NC(=O)NC(c3ccccc3)=C2C(=O)OC(C)C)c1. The molecule has 0 bridgehead atoms. The fraction of sp³-hybridized carbons (Fsp3) is 0.333. The molecule has 0 aliphatic carbocycles. The Morgan fingerprint density at radius 1 is 1.03 bits per heavy atom. The maximum Gasteiger partial charge on any atom is 0.338 e. The van der Waals surface area contributed by atoms with Gasteiger partial charge in [0.15, 0.2) is 0 Å². The third kappa shape index (κ3) is 5.20. The minimum Gasteiger partial charge on any atom is -0.493 e. The summed E-state index contributed by atoms with van der Waals surface area (Å²) in [5.74, 6) is 0.593. The van der Waals surface area contributed by atoms with Crippen molar-refractivity contribution < 1.29 is 19.1 Å². The molecule has 0 spiro atoms. The molecule has 2 N–H and O–H groups in total. The van der Waals surface area contributed by atoms with E-state index in [-0.39, 0.29) is 12.1 Å². The molecule has 1 aliphatic rings. The molecule has 1 unspecified atom stereocenters. The van der Waals surface area contributed by atoms with Gasteiger partial charge in [0.05, 0.1) is 30.0 Å². The average molecular weight is 408 g/mol. The van der Waals surface area contributed by atoms with Crippen LogP contribution in [0.2, 0.25) is 0 Å². The van der Waals surface area contributed by atoms with Crippen LogP contribution < -0.4 is 15.4 Å². The standard InChI is InChI=1S/C24H28N2O4/c1-15(2)14-29-19-12-8-11-18(13-19)22-20(23(27)30-16(3)4)21(25-24(28)26-22)17-9-6-5-7-10-17/h5-13,15-16,22H,14H2,1-4H3,(H2,25,26,28). The number of hydrogen-bond acceptors (Lipinski definition) is 4. The number of carbonyl (C=O) groups excluding carboxylic acids is 2. The number of rotatable bonds is 7. The first-order valence-electron chi connectivity index (χ1n) is 10.2. The van der Waals surface area contributed by atoms with Gasteiger partial charge in [0.1, 0.15) is 5.75 Å². The van der Waals surface area contributed by atoms with E-state index < -0.39 is 12.0 Å². The Morgan fingerprint density at radius 3 is 2.43 bits per heavy atom. The van der Waals surface area contributed by atoms with E-state index in [1.165, 1.54) is 0 Å². The van der Waals surface area contributed by atoms with E-state index in [2.05, 4.69) is 24.5 Å². The van der Waals surface area contributed by atoms with Crippen molar-refractivity contribution in [2.45, 2.75) is 39.8 Å². The van der Waals surface area contributed by atoms with Crippen molar-refractivity contribution in [2.24, 2.45) is 5.92 Å². The second-order valence-electron chi connectivity index (χ2n) is 7.92. The number of benzene rings is 2. The summed E-state index contributed by atoms with van der Waals surface area (Å²) in [6, 6.07) is 15.7. The summed E-state index contributed by atoms with van der Waals surface area (Å²) in [5, 5.41) is 5.65. The minimum atomic E-state index is -0.664. The third-order valence-corrected chi connectivity index (χ3v) is 4.47. The van der Waals surface area contributed by atoms with Crippen molar-refractivity contribution in [1.82, 2.24) is 10.6 Å². The summed E-state index contributed by atoms with van der Waals surface area (Å²) in [5.41, 5.74) is 2.29. The van der Waals surface area contributed by atoms with Crippen LogP contribution in [0.15, 0.2) is 60.2 Å². The zero-order chi connectivity index (χ0) is 21.7. The normalized spacial score (nSPS) is 16.3. The molecule has 30 heavy (non-hydrogen) atoms. The first kappa shape index (κ1) is 21.4. The molecule has 0 saturated heterocycles. The summed E-state index contributed by atoms with van der Waals surface area (Å²) in [6.07, 6.45) is -0.291. The summed E-state index contributed by atoms with van der Waals surface area (Å²) < 4.78 is 11.4.